The fourth-order valence-corrected chi connectivity index (χ4v) is 5.05. The summed E-state index contributed by atoms with van der Waals surface area (Å²) in [5.41, 5.74) is 2.37. The summed E-state index contributed by atoms with van der Waals surface area (Å²) in [6.45, 7) is 4.23. The number of urea groups is 1. The van der Waals surface area contributed by atoms with E-state index in [0.29, 0.717) is 48.9 Å². The molecule has 0 spiro atoms. The molecule has 1 N–H and O–H groups in total. The first-order valence-electron chi connectivity index (χ1n) is 9.97. The predicted octanol–water partition coefficient (Wildman–Crippen LogP) is 2.99. The second-order valence-corrected chi connectivity index (χ2v) is 8.04. The van der Waals surface area contributed by atoms with Crippen molar-refractivity contribution in [3.05, 3.63) is 29.3 Å². The van der Waals surface area contributed by atoms with Gasteiger partial charge in [0.2, 0.25) is 5.91 Å². The van der Waals surface area contributed by atoms with Gasteiger partial charge in [-0.15, -0.1) is 0 Å². The van der Waals surface area contributed by atoms with Crippen molar-refractivity contribution < 1.29 is 9.59 Å². The van der Waals surface area contributed by atoms with Crippen LogP contribution in [0.5, 0.6) is 0 Å². The zero-order valence-electron chi connectivity index (χ0n) is 15.8. The van der Waals surface area contributed by atoms with E-state index in [1.54, 1.807) is 6.07 Å². The molecule has 3 aliphatic rings. The molecule has 1 aromatic carbocycles. The summed E-state index contributed by atoms with van der Waals surface area (Å²) in [6.07, 6.45) is 4.59. The van der Waals surface area contributed by atoms with Crippen molar-refractivity contribution >= 4 is 17.6 Å². The van der Waals surface area contributed by atoms with Gasteiger partial charge in [-0.3, -0.25) is 4.79 Å². The standard InChI is InChI=1S/C21H26N4O2/c1-2-16-8-14(10-22)6-7-18(16)23-21(27)24-11-15-9-17(13-24)19-4-3-5-20(26)25(19)12-15/h6-8,15,17,19H,2-5,9,11-13H2,1H3,(H,23,27)/t15-,17+,19+/m1/s1. The van der Waals surface area contributed by atoms with Crippen molar-refractivity contribution in [2.24, 2.45) is 11.8 Å². The van der Waals surface area contributed by atoms with Crippen LogP contribution in [0, 0.1) is 23.2 Å². The summed E-state index contributed by atoms with van der Waals surface area (Å²) in [7, 11) is 0. The molecule has 0 unspecified atom stereocenters. The van der Waals surface area contributed by atoms with Crippen LogP contribution < -0.4 is 5.32 Å². The molecule has 3 atom stereocenters. The highest BCUT2D eigenvalue weighted by atomic mass is 16.2. The summed E-state index contributed by atoms with van der Waals surface area (Å²) in [4.78, 5) is 29.2. The van der Waals surface area contributed by atoms with E-state index in [-0.39, 0.29) is 6.03 Å². The maximum Gasteiger partial charge on any atom is 0.321 e. The Kier molecular flexibility index (Phi) is 4.77. The number of aryl methyl sites for hydroxylation is 1. The highest BCUT2D eigenvalue weighted by Gasteiger charge is 2.44. The van der Waals surface area contributed by atoms with E-state index in [1.807, 2.05) is 24.0 Å². The van der Waals surface area contributed by atoms with Crippen molar-refractivity contribution in [2.45, 2.75) is 45.1 Å². The van der Waals surface area contributed by atoms with Crippen LogP contribution in [0.4, 0.5) is 10.5 Å². The van der Waals surface area contributed by atoms with Crippen LogP contribution in [-0.4, -0.2) is 47.4 Å². The third-order valence-electron chi connectivity index (χ3n) is 6.32. The number of nitrogens with zero attached hydrogens (tertiary/aromatic N) is 3. The molecule has 4 rings (SSSR count). The monoisotopic (exact) mass is 366 g/mol. The van der Waals surface area contributed by atoms with Gasteiger partial charge in [0.15, 0.2) is 0 Å². The average Bonchev–Trinajstić information content (AvgIpc) is 2.69. The number of fused-ring (bicyclic) bond motifs is 4. The lowest BCUT2D eigenvalue weighted by atomic mass is 9.76. The van der Waals surface area contributed by atoms with Gasteiger partial charge in [0.1, 0.15) is 0 Å². The molecule has 0 aliphatic carbocycles. The van der Waals surface area contributed by atoms with Gasteiger partial charge in [0.05, 0.1) is 11.6 Å². The lowest BCUT2D eigenvalue weighted by Crippen LogP contribution is -2.61. The highest BCUT2D eigenvalue weighted by molar-refractivity contribution is 5.90. The average molecular weight is 366 g/mol. The molecule has 1 aromatic rings. The van der Waals surface area contributed by atoms with Crippen LogP contribution in [0.3, 0.4) is 0 Å². The topological polar surface area (TPSA) is 76.4 Å². The molecule has 3 heterocycles. The summed E-state index contributed by atoms with van der Waals surface area (Å²) in [5.74, 6) is 1.06. The molecule has 6 nitrogen and oxygen atoms in total. The Morgan fingerprint density at radius 3 is 2.96 bits per heavy atom. The van der Waals surface area contributed by atoms with Gasteiger partial charge in [-0.2, -0.15) is 5.26 Å². The van der Waals surface area contributed by atoms with Crippen molar-refractivity contribution in [3.8, 4) is 6.07 Å². The number of rotatable bonds is 2. The predicted molar refractivity (Wildman–Crippen MR) is 102 cm³/mol. The normalized spacial score (nSPS) is 27.0. The van der Waals surface area contributed by atoms with Crippen molar-refractivity contribution in [3.63, 3.8) is 0 Å². The van der Waals surface area contributed by atoms with Gasteiger partial charge in [0, 0.05) is 37.8 Å². The van der Waals surface area contributed by atoms with Crippen LogP contribution in [0.2, 0.25) is 0 Å². The van der Waals surface area contributed by atoms with Crippen molar-refractivity contribution in [1.29, 1.82) is 5.26 Å². The zero-order valence-corrected chi connectivity index (χ0v) is 15.8. The number of carbonyl (C=O) groups excluding carboxylic acids is 2. The number of piperidine rings is 3. The molecule has 0 saturated carbocycles. The lowest BCUT2D eigenvalue weighted by molar-refractivity contribution is -0.144. The molecule has 2 bridgehead atoms. The largest absolute Gasteiger partial charge is 0.339 e. The van der Waals surface area contributed by atoms with Crippen molar-refractivity contribution in [2.75, 3.05) is 25.0 Å². The Morgan fingerprint density at radius 2 is 2.19 bits per heavy atom. The Hall–Kier alpha value is -2.55. The minimum atomic E-state index is -0.0697. The van der Waals surface area contributed by atoms with Gasteiger partial charge in [-0.05, 0) is 61.3 Å². The van der Waals surface area contributed by atoms with Gasteiger partial charge in [-0.25, -0.2) is 4.79 Å². The minimum Gasteiger partial charge on any atom is -0.339 e. The number of nitriles is 1. The lowest BCUT2D eigenvalue weighted by Gasteiger charge is -2.52. The zero-order chi connectivity index (χ0) is 19.0. The van der Waals surface area contributed by atoms with Gasteiger partial charge in [0.25, 0.3) is 0 Å². The summed E-state index contributed by atoms with van der Waals surface area (Å²) < 4.78 is 0. The van der Waals surface area contributed by atoms with E-state index in [9.17, 15) is 9.59 Å². The Bertz CT molecular complexity index is 800. The van der Waals surface area contributed by atoms with Gasteiger partial charge >= 0.3 is 6.03 Å². The molecule has 0 aromatic heterocycles. The summed E-state index contributed by atoms with van der Waals surface area (Å²) >= 11 is 0. The van der Waals surface area contributed by atoms with E-state index < -0.39 is 0 Å². The molecule has 142 valence electrons. The molecule has 3 saturated heterocycles. The van der Waals surface area contributed by atoms with Crippen LogP contribution >= 0.6 is 0 Å². The molecular formula is C21H26N4O2. The van der Waals surface area contributed by atoms with Crippen LogP contribution in [0.15, 0.2) is 18.2 Å². The van der Waals surface area contributed by atoms with Crippen LogP contribution in [0.1, 0.15) is 43.7 Å². The summed E-state index contributed by atoms with van der Waals surface area (Å²) in [5, 5.41) is 12.1. The minimum absolute atomic E-state index is 0.0697. The first-order valence-corrected chi connectivity index (χ1v) is 9.97. The number of amides is 3. The molecular weight excluding hydrogens is 340 g/mol. The second-order valence-electron chi connectivity index (χ2n) is 8.04. The molecule has 3 fully saturated rings. The number of carbonyl (C=O) groups is 2. The maximum atomic E-state index is 12.9. The first-order chi connectivity index (χ1) is 13.1. The quantitative estimate of drug-likeness (QED) is 0.874. The molecule has 27 heavy (non-hydrogen) atoms. The second kappa shape index (κ2) is 7.22. The SMILES string of the molecule is CCc1cc(C#N)ccc1NC(=O)N1C[C@H]2C[C@@H](C1)[C@@H]1CCCC(=O)N1C2. The number of nitrogens with one attached hydrogen (secondary N) is 1. The number of hydrogen-bond donors (Lipinski definition) is 1. The Balaban J connectivity index is 1.47. The van der Waals surface area contributed by atoms with E-state index in [0.717, 1.165) is 43.5 Å². The third kappa shape index (κ3) is 3.39. The van der Waals surface area contributed by atoms with Crippen molar-refractivity contribution in [1.82, 2.24) is 9.80 Å². The van der Waals surface area contributed by atoms with Gasteiger partial charge in [-0.1, -0.05) is 6.92 Å². The Labute approximate surface area is 160 Å². The smallest absolute Gasteiger partial charge is 0.321 e. The number of anilines is 1. The molecule has 3 amide bonds. The van der Waals surface area contributed by atoms with Crippen LogP contribution in [-0.2, 0) is 11.2 Å². The third-order valence-corrected chi connectivity index (χ3v) is 6.32. The van der Waals surface area contributed by atoms with E-state index >= 15 is 0 Å². The number of benzene rings is 1. The maximum absolute atomic E-state index is 12.9. The van der Waals surface area contributed by atoms with Crippen LogP contribution in [0.25, 0.3) is 0 Å². The fraction of sp³-hybridized carbons (Fsp3) is 0.571. The highest BCUT2D eigenvalue weighted by Crippen LogP contribution is 2.38. The van der Waals surface area contributed by atoms with Gasteiger partial charge < -0.3 is 15.1 Å². The summed E-state index contributed by atoms with van der Waals surface area (Å²) in [6, 6.07) is 7.78. The molecule has 3 aliphatic heterocycles. The number of likely N-dealkylation sites (tertiary alicyclic amines) is 1. The van der Waals surface area contributed by atoms with E-state index in [1.165, 1.54) is 0 Å². The van der Waals surface area contributed by atoms with E-state index in [4.69, 9.17) is 5.26 Å². The fourth-order valence-electron chi connectivity index (χ4n) is 5.05. The molecule has 6 heteroatoms. The Morgan fingerprint density at radius 1 is 1.33 bits per heavy atom. The number of hydrogen-bond acceptors (Lipinski definition) is 3. The van der Waals surface area contributed by atoms with E-state index in [2.05, 4.69) is 16.3 Å². The first kappa shape index (κ1) is 17.8. The molecule has 0 radical (unpaired) electrons.